The third-order valence-corrected chi connectivity index (χ3v) is 5.27. The third kappa shape index (κ3) is 5.59. The summed E-state index contributed by atoms with van der Waals surface area (Å²) >= 11 is 6.32. The fourth-order valence-electron chi connectivity index (χ4n) is 3.29. The van der Waals surface area contributed by atoms with Crippen molar-refractivity contribution >= 4 is 23.2 Å². The highest BCUT2D eigenvalue weighted by Gasteiger charge is 2.18. The molecule has 2 aromatic rings. The van der Waals surface area contributed by atoms with Gasteiger partial charge in [-0.1, -0.05) is 23.7 Å². The fraction of sp³-hybridized carbons (Fsp3) is 0.526. The van der Waals surface area contributed by atoms with Crippen molar-refractivity contribution in [3.63, 3.8) is 0 Å². The second-order valence-corrected chi connectivity index (χ2v) is 7.19. The van der Waals surface area contributed by atoms with E-state index in [1.165, 1.54) is 0 Å². The number of nitrogens with one attached hydrogen (secondary N) is 2. The summed E-state index contributed by atoms with van der Waals surface area (Å²) < 4.78 is 1.75. The molecule has 1 aromatic carbocycles. The van der Waals surface area contributed by atoms with Gasteiger partial charge in [-0.05, 0) is 25.1 Å². The molecule has 9 heteroatoms. The summed E-state index contributed by atoms with van der Waals surface area (Å²) in [5.74, 6) is 1.66. The van der Waals surface area contributed by atoms with E-state index in [1.54, 1.807) is 18.1 Å². The van der Waals surface area contributed by atoms with E-state index in [1.807, 2.05) is 25.2 Å². The molecule has 0 bridgehead atoms. The number of hydrogen-bond donors (Lipinski definition) is 2. The Balaban J connectivity index is 1.32. The zero-order valence-electron chi connectivity index (χ0n) is 16.6. The second-order valence-electron chi connectivity index (χ2n) is 6.79. The summed E-state index contributed by atoms with van der Waals surface area (Å²) in [6, 6.07) is 8.08. The highest BCUT2D eigenvalue weighted by Crippen LogP contribution is 2.25. The Morgan fingerprint density at radius 2 is 1.96 bits per heavy atom. The van der Waals surface area contributed by atoms with Crippen LogP contribution in [-0.4, -0.2) is 71.9 Å². The monoisotopic (exact) mass is 404 g/mol. The quantitative estimate of drug-likeness (QED) is 0.412. The normalized spacial score (nSPS) is 15.7. The zero-order chi connectivity index (χ0) is 19.8. The molecule has 152 valence electrons. The number of nitrogens with zero attached hydrogens (tertiary/aromatic N) is 6. The lowest BCUT2D eigenvalue weighted by Gasteiger charge is -2.36. The molecule has 3 rings (SSSR count). The first kappa shape index (κ1) is 20.4. The molecular weight excluding hydrogens is 376 g/mol. The molecule has 8 nitrogen and oxygen atoms in total. The molecule has 0 atom stereocenters. The Hall–Kier alpha value is -2.32. The van der Waals surface area contributed by atoms with Gasteiger partial charge < -0.3 is 15.5 Å². The van der Waals surface area contributed by atoms with Crippen LogP contribution in [0.5, 0.6) is 0 Å². The van der Waals surface area contributed by atoms with E-state index in [-0.39, 0.29) is 0 Å². The molecule has 1 fully saturated rings. The van der Waals surface area contributed by atoms with E-state index in [4.69, 9.17) is 11.6 Å². The van der Waals surface area contributed by atoms with Crippen LogP contribution in [0.2, 0.25) is 5.02 Å². The van der Waals surface area contributed by atoms with Gasteiger partial charge in [-0.2, -0.15) is 5.10 Å². The fourth-order valence-corrected chi connectivity index (χ4v) is 3.55. The van der Waals surface area contributed by atoms with Crippen molar-refractivity contribution in [3.8, 4) is 0 Å². The average molecular weight is 405 g/mol. The number of hydrogen-bond acceptors (Lipinski definition) is 5. The minimum atomic E-state index is 0.597. The average Bonchev–Trinajstić information content (AvgIpc) is 3.13. The molecule has 1 saturated heterocycles. The Morgan fingerprint density at radius 3 is 2.64 bits per heavy atom. The maximum atomic E-state index is 6.32. The van der Waals surface area contributed by atoms with Crippen LogP contribution in [-0.2, 0) is 13.6 Å². The van der Waals surface area contributed by atoms with Crippen LogP contribution < -0.4 is 15.5 Å². The van der Waals surface area contributed by atoms with Crippen molar-refractivity contribution < 1.29 is 0 Å². The van der Waals surface area contributed by atoms with E-state index in [0.717, 1.165) is 68.2 Å². The zero-order valence-corrected chi connectivity index (χ0v) is 17.4. The summed E-state index contributed by atoms with van der Waals surface area (Å²) in [6.45, 7) is 6.69. The summed E-state index contributed by atoms with van der Waals surface area (Å²) in [6.07, 6.45) is 2.62. The Morgan fingerprint density at radius 1 is 1.18 bits per heavy atom. The number of anilines is 1. The maximum Gasteiger partial charge on any atom is 0.191 e. The minimum Gasteiger partial charge on any atom is -0.368 e. The molecular formula is C19H29ClN8. The Labute approximate surface area is 171 Å². The molecule has 0 saturated carbocycles. The topological polar surface area (TPSA) is 73.6 Å². The van der Waals surface area contributed by atoms with Gasteiger partial charge in [-0.25, -0.2) is 4.98 Å². The summed E-state index contributed by atoms with van der Waals surface area (Å²) in [7, 11) is 3.66. The van der Waals surface area contributed by atoms with E-state index >= 15 is 0 Å². The van der Waals surface area contributed by atoms with Crippen LogP contribution in [0.1, 0.15) is 12.2 Å². The second kappa shape index (κ2) is 10.3. The van der Waals surface area contributed by atoms with Crippen LogP contribution in [0.3, 0.4) is 0 Å². The Bertz CT molecular complexity index is 767. The highest BCUT2D eigenvalue weighted by atomic mass is 35.5. The number of benzene rings is 1. The SMILES string of the molecule is CN=C(NCCCN1CCN(c2ccccc2Cl)CC1)NCc1ncnn1C. The summed E-state index contributed by atoms with van der Waals surface area (Å²) in [5.41, 5.74) is 1.14. The summed E-state index contributed by atoms with van der Waals surface area (Å²) in [5, 5.41) is 11.5. The lowest BCUT2D eigenvalue weighted by Crippen LogP contribution is -2.47. The number of aromatic nitrogens is 3. The molecule has 1 aliphatic heterocycles. The summed E-state index contributed by atoms with van der Waals surface area (Å²) in [4.78, 5) is 13.3. The lowest BCUT2D eigenvalue weighted by atomic mass is 10.2. The molecule has 0 spiro atoms. The largest absolute Gasteiger partial charge is 0.368 e. The molecule has 2 N–H and O–H groups in total. The first-order chi connectivity index (χ1) is 13.7. The molecule has 0 aliphatic carbocycles. The van der Waals surface area contributed by atoms with Gasteiger partial charge in [0.1, 0.15) is 12.2 Å². The van der Waals surface area contributed by atoms with Crippen molar-refractivity contribution in [2.24, 2.45) is 12.0 Å². The van der Waals surface area contributed by atoms with Crippen LogP contribution in [0.25, 0.3) is 0 Å². The van der Waals surface area contributed by atoms with Crippen molar-refractivity contribution in [2.75, 3.05) is 51.2 Å². The Kier molecular flexibility index (Phi) is 7.50. The first-order valence-electron chi connectivity index (χ1n) is 9.66. The van der Waals surface area contributed by atoms with Crippen molar-refractivity contribution in [2.45, 2.75) is 13.0 Å². The van der Waals surface area contributed by atoms with Crippen LogP contribution in [0.4, 0.5) is 5.69 Å². The maximum absolute atomic E-state index is 6.32. The van der Waals surface area contributed by atoms with Gasteiger partial charge in [-0.3, -0.25) is 14.6 Å². The van der Waals surface area contributed by atoms with E-state index in [9.17, 15) is 0 Å². The standard InChI is InChI=1S/C19H29ClN8/c1-21-19(23-14-18-24-15-25-26(18)2)22-8-5-9-27-10-12-28(13-11-27)17-7-4-3-6-16(17)20/h3-4,6-7,15H,5,8-14H2,1-2H3,(H2,21,22,23). The van der Waals surface area contributed by atoms with E-state index in [2.05, 4.69) is 41.6 Å². The van der Waals surface area contributed by atoms with Gasteiger partial charge in [0.2, 0.25) is 0 Å². The van der Waals surface area contributed by atoms with Crippen molar-refractivity contribution in [3.05, 3.63) is 41.4 Å². The number of rotatable bonds is 7. The van der Waals surface area contributed by atoms with Gasteiger partial charge in [-0.15, -0.1) is 0 Å². The van der Waals surface area contributed by atoms with Crippen molar-refractivity contribution in [1.82, 2.24) is 30.3 Å². The number of aryl methyl sites for hydroxylation is 1. The van der Waals surface area contributed by atoms with Gasteiger partial charge in [0.25, 0.3) is 0 Å². The highest BCUT2D eigenvalue weighted by molar-refractivity contribution is 6.33. The molecule has 0 unspecified atom stereocenters. The minimum absolute atomic E-state index is 0.597. The molecule has 1 aliphatic rings. The predicted octanol–water partition coefficient (Wildman–Crippen LogP) is 1.35. The first-order valence-corrected chi connectivity index (χ1v) is 10.0. The van der Waals surface area contributed by atoms with E-state index < -0.39 is 0 Å². The van der Waals surface area contributed by atoms with E-state index in [0.29, 0.717) is 6.54 Å². The predicted molar refractivity (Wildman–Crippen MR) is 114 cm³/mol. The van der Waals surface area contributed by atoms with Gasteiger partial charge in [0, 0.05) is 46.8 Å². The smallest absolute Gasteiger partial charge is 0.191 e. The van der Waals surface area contributed by atoms with Gasteiger partial charge >= 0.3 is 0 Å². The number of halogens is 1. The van der Waals surface area contributed by atoms with Gasteiger partial charge in [0.05, 0.1) is 17.3 Å². The van der Waals surface area contributed by atoms with Crippen LogP contribution in [0.15, 0.2) is 35.6 Å². The third-order valence-electron chi connectivity index (χ3n) is 4.95. The number of aliphatic imine (C=N–C) groups is 1. The van der Waals surface area contributed by atoms with Gasteiger partial charge in [0.15, 0.2) is 5.96 Å². The van der Waals surface area contributed by atoms with Crippen molar-refractivity contribution in [1.29, 1.82) is 0 Å². The molecule has 28 heavy (non-hydrogen) atoms. The molecule has 0 amide bonds. The molecule has 2 heterocycles. The lowest BCUT2D eigenvalue weighted by molar-refractivity contribution is 0.255. The van der Waals surface area contributed by atoms with Crippen LogP contribution in [0, 0.1) is 0 Å². The number of para-hydroxylation sites is 1. The number of guanidine groups is 1. The molecule has 0 radical (unpaired) electrons. The van der Waals surface area contributed by atoms with Crippen LogP contribution >= 0.6 is 11.6 Å². The molecule has 1 aromatic heterocycles. The number of piperazine rings is 1.